The van der Waals surface area contributed by atoms with Crippen LogP contribution in [-0.2, 0) is 14.3 Å². The monoisotopic (exact) mass is 334 g/mol. The van der Waals surface area contributed by atoms with E-state index in [1.165, 1.54) is 13.3 Å². The fourth-order valence-electron chi connectivity index (χ4n) is 2.57. The van der Waals surface area contributed by atoms with Gasteiger partial charge in [-0.1, -0.05) is 39.0 Å². The molecular weight excluding hydrogens is 304 g/mol. The second kappa shape index (κ2) is 10.2. The molecule has 0 saturated carbocycles. The van der Waals surface area contributed by atoms with Crippen LogP contribution in [0.3, 0.4) is 0 Å². The highest BCUT2D eigenvalue weighted by Gasteiger charge is 2.43. The van der Waals surface area contributed by atoms with Gasteiger partial charge in [0, 0.05) is 0 Å². The van der Waals surface area contributed by atoms with Crippen LogP contribution in [0.25, 0.3) is 0 Å². The molecule has 1 aliphatic rings. The Morgan fingerprint density at radius 2 is 1.74 bits per heavy atom. The van der Waals surface area contributed by atoms with E-state index < -0.39 is 42.8 Å². The average molecular weight is 334 g/mol. The molecule has 6 atom stereocenters. The van der Waals surface area contributed by atoms with Crippen LogP contribution >= 0.6 is 0 Å². The zero-order chi connectivity index (χ0) is 17.4. The van der Waals surface area contributed by atoms with Gasteiger partial charge < -0.3 is 29.9 Å². The topological polar surface area (TPSA) is 116 Å². The van der Waals surface area contributed by atoms with E-state index in [4.69, 9.17) is 9.47 Å². The molecule has 7 nitrogen and oxygen atoms in total. The van der Waals surface area contributed by atoms with Crippen molar-refractivity contribution in [3.05, 3.63) is 0 Å². The zero-order valence-electron chi connectivity index (χ0n) is 13.9. The predicted octanol–water partition coefficient (Wildman–Crippen LogP) is 0.469. The van der Waals surface area contributed by atoms with Gasteiger partial charge in [-0.05, 0) is 13.3 Å². The Labute approximate surface area is 137 Å². The summed E-state index contributed by atoms with van der Waals surface area (Å²) in [6.45, 7) is 3.63. The maximum atomic E-state index is 11.8. The molecular formula is C16H30O7. The molecule has 0 bridgehead atoms. The number of hydrogen-bond donors (Lipinski definition) is 4. The van der Waals surface area contributed by atoms with Gasteiger partial charge in [0.2, 0.25) is 6.29 Å². The largest absolute Gasteiger partial charge is 0.433 e. The highest BCUT2D eigenvalue weighted by Crippen LogP contribution is 2.22. The van der Waals surface area contributed by atoms with Gasteiger partial charge in [-0.15, -0.1) is 0 Å². The molecule has 23 heavy (non-hydrogen) atoms. The minimum absolute atomic E-state index is 0.187. The van der Waals surface area contributed by atoms with Gasteiger partial charge in [0.15, 0.2) is 0 Å². The van der Waals surface area contributed by atoms with Crippen LogP contribution < -0.4 is 0 Å². The third-order valence-corrected chi connectivity index (χ3v) is 4.10. The number of carbonyl (C=O) groups excluding carboxylic acids is 1. The SMILES string of the molecule is CCCCCCCC(O)CC(=O)OC1O[C@@H](C)[C@H](O)[C@@H](O)[C@H]1O. The maximum absolute atomic E-state index is 11.8. The second-order valence-corrected chi connectivity index (χ2v) is 6.23. The average Bonchev–Trinajstić information content (AvgIpc) is 2.50. The van der Waals surface area contributed by atoms with Gasteiger partial charge in [0.25, 0.3) is 0 Å². The van der Waals surface area contributed by atoms with Crippen molar-refractivity contribution in [1.29, 1.82) is 0 Å². The lowest BCUT2D eigenvalue weighted by Gasteiger charge is -2.38. The molecule has 1 fully saturated rings. The third-order valence-electron chi connectivity index (χ3n) is 4.10. The molecule has 7 heteroatoms. The normalized spacial score (nSPS) is 32.5. The van der Waals surface area contributed by atoms with Gasteiger partial charge in [0.1, 0.15) is 18.3 Å². The Bertz CT molecular complexity index is 349. The van der Waals surface area contributed by atoms with Crippen LogP contribution in [-0.4, -0.2) is 63.2 Å². The Kier molecular flexibility index (Phi) is 9.01. The summed E-state index contributed by atoms with van der Waals surface area (Å²) in [5.74, 6) is -0.703. The van der Waals surface area contributed by atoms with Gasteiger partial charge in [-0.25, -0.2) is 0 Å². The van der Waals surface area contributed by atoms with Crippen molar-refractivity contribution in [1.82, 2.24) is 0 Å². The number of carbonyl (C=O) groups is 1. The molecule has 1 rings (SSSR count). The number of ether oxygens (including phenoxy) is 2. The summed E-state index contributed by atoms with van der Waals surface area (Å²) in [6.07, 6.45) is -1.47. The molecule has 0 aromatic rings. The standard InChI is InChI=1S/C16H30O7/c1-3-4-5-6-7-8-11(17)9-12(18)23-16-15(21)14(20)13(19)10(2)22-16/h10-11,13-17,19-21H,3-9H2,1-2H3/t10-,11?,13-,14+,15+,16?/m0/s1. The number of hydrogen-bond acceptors (Lipinski definition) is 7. The third kappa shape index (κ3) is 6.73. The highest BCUT2D eigenvalue weighted by molar-refractivity contribution is 5.70. The van der Waals surface area contributed by atoms with Crippen LogP contribution in [0.15, 0.2) is 0 Å². The molecule has 0 aromatic heterocycles. The summed E-state index contributed by atoms with van der Waals surface area (Å²) in [4.78, 5) is 11.8. The number of aliphatic hydroxyl groups excluding tert-OH is 4. The van der Waals surface area contributed by atoms with Gasteiger partial charge in [-0.3, -0.25) is 4.79 Å². The maximum Gasteiger partial charge on any atom is 0.310 e. The molecule has 1 saturated heterocycles. The van der Waals surface area contributed by atoms with Gasteiger partial charge >= 0.3 is 5.97 Å². The number of unbranched alkanes of at least 4 members (excludes halogenated alkanes) is 4. The fourth-order valence-corrected chi connectivity index (χ4v) is 2.57. The van der Waals surface area contributed by atoms with Crippen molar-refractivity contribution in [3.63, 3.8) is 0 Å². The summed E-state index contributed by atoms with van der Waals surface area (Å²) in [5.41, 5.74) is 0. The smallest absolute Gasteiger partial charge is 0.310 e. The molecule has 4 N–H and O–H groups in total. The number of esters is 1. The van der Waals surface area contributed by atoms with E-state index in [9.17, 15) is 25.2 Å². The number of aliphatic hydroxyl groups is 4. The lowest BCUT2D eigenvalue weighted by atomic mass is 10.00. The van der Waals surface area contributed by atoms with Crippen molar-refractivity contribution in [3.8, 4) is 0 Å². The molecule has 0 aromatic carbocycles. The molecule has 1 aliphatic heterocycles. The van der Waals surface area contributed by atoms with Crippen LogP contribution in [0.2, 0.25) is 0 Å². The fraction of sp³-hybridized carbons (Fsp3) is 0.938. The van der Waals surface area contributed by atoms with Crippen molar-refractivity contribution in [2.24, 2.45) is 0 Å². The first-order valence-corrected chi connectivity index (χ1v) is 8.44. The number of rotatable bonds is 9. The van der Waals surface area contributed by atoms with E-state index in [1.54, 1.807) is 0 Å². The van der Waals surface area contributed by atoms with Crippen LogP contribution in [0, 0.1) is 0 Å². The lowest BCUT2D eigenvalue weighted by molar-refractivity contribution is -0.285. The molecule has 0 radical (unpaired) electrons. The minimum atomic E-state index is -1.52. The summed E-state index contributed by atoms with van der Waals surface area (Å²) in [5, 5.41) is 38.8. The van der Waals surface area contributed by atoms with Crippen molar-refractivity contribution in [2.75, 3.05) is 0 Å². The Balaban J connectivity index is 2.29. The van der Waals surface area contributed by atoms with Crippen molar-refractivity contribution >= 4 is 5.97 Å². The van der Waals surface area contributed by atoms with E-state index in [-0.39, 0.29) is 6.42 Å². The molecule has 0 aliphatic carbocycles. The van der Waals surface area contributed by atoms with E-state index in [2.05, 4.69) is 6.92 Å². The molecule has 1 heterocycles. The van der Waals surface area contributed by atoms with Gasteiger partial charge in [-0.2, -0.15) is 0 Å². The quantitative estimate of drug-likeness (QED) is 0.358. The Hall–Kier alpha value is -0.730. The summed E-state index contributed by atoms with van der Waals surface area (Å²) < 4.78 is 10.1. The first-order valence-electron chi connectivity index (χ1n) is 8.44. The summed E-state index contributed by atoms with van der Waals surface area (Å²) in [7, 11) is 0. The van der Waals surface area contributed by atoms with E-state index in [0.29, 0.717) is 6.42 Å². The predicted molar refractivity (Wildman–Crippen MR) is 82.4 cm³/mol. The Morgan fingerprint density at radius 3 is 2.39 bits per heavy atom. The van der Waals surface area contributed by atoms with E-state index in [1.807, 2.05) is 0 Å². The zero-order valence-corrected chi connectivity index (χ0v) is 13.9. The van der Waals surface area contributed by atoms with E-state index in [0.717, 1.165) is 25.7 Å². The minimum Gasteiger partial charge on any atom is -0.433 e. The Morgan fingerprint density at radius 1 is 1.09 bits per heavy atom. The first-order chi connectivity index (χ1) is 10.9. The lowest BCUT2D eigenvalue weighted by Crippen LogP contribution is -2.57. The molecule has 0 amide bonds. The summed E-state index contributed by atoms with van der Waals surface area (Å²) >= 11 is 0. The van der Waals surface area contributed by atoms with Crippen LogP contribution in [0.5, 0.6) is 0 Å². The van der Waals surface area contributed by atoms with Gasteiger partial charge in [0.05, 0.1) is 18.6 Å². The molecule has 2 unspecified atom stereocenters. The van der Waals surface area contributed by atoms with Crippen molar-refractivity contribution < 1.29 is 34.7 Å². The van der Waals surface area contributed by atoms with Crippen LogP contribution in [0.1, 0.15) is 58.8 Å². The summed E-state index contributed by atoms with van der Waals surface area (Å²) in [6, 6.07) is 0. The van der Waals surface area contributed by atoms with Crippen LogP contribution in [0.4, 0.5) is 0 Å². The van der Waals surface area contributed by atoms with E-state index >= 15 is 0 Å². The second-order valence-electron chi connectivity index (χ2n) is 6.23. The molecule has 136 valence electrons. The first kappa shape index (κ1) is 20.3. The van der Waals surface area contributed by atoms with Crippen molar-refractivity contribution in [2.45, 2.75) is 95.6 Å². The highest BCUT2D eigenvalue weighted by atomic mass is 16.7. The molecule has 0 spiro atoms.